The van der Waals surface area contributed by atoms with Crippen LogP contribution in [0.15, 0.2) is 180 Å². The van der Waals surface area contributed by atoms with Gasteiger partial charge in [-0.1, -0.05) is 163 Å². The third-order valence-electron chi connectivity index (χ3n) is 10.0. The van der Waals surface area contributed by atoms with Crippen molar-refractivity contribution in [1.29, 1.82) is 0 Å². The highest BCUT2D eigenvalue weighted by Crippen LogP contribution is 2.42. The molecule has 0 aliphatic rings. The Morgan fingerprint density at radius 1 is 0.635 bits per heavy atom. The number of anilines is 1. The summed E-state index contributed by atoms with van der Waals surface area (Å²) in [7, 11) is 0. The predicted molar refractivity (Wildman–Crippen MR) is 237 cm³/mol. The number of oxime groups is 1. The van der Waals surface area contributed by atoms with Gasteiger partial charge in [0.05, 0.1) is 0 Å². The first-order chi connectivity index (χ1) is 30.5. The smallest absolute Gasteiger partial charge is 0.360 e. The molecule has 1 unspecified atom stereocenters. The molecule has 7 rings (SSSR count). The molecular weight excluding hydrogens is 819 g/mol. The van der Waals surface area contributed by atoms with Gasteiger partial charge in [0.2, 0.25) is 5.71 Å². The molecular formula is C50H41N3O9S. The van der Waals surface area contributed by atoms with Crippen molar-refractivity contribution in [3.63, 3.8) is 0 Å². The number of carboxylic acid groups (broad SMARTS) is 1. The number of carboxylic acids is 1. The largest absolute Gasteiger partial charge is 0.476 e. The minimum atomic E-state index is -2.22. The number of benzene rings is 6. The summed E-state index contributed by atoms with van der Waals surface area (Å²) in [5.74, 6) is -4.24. The van der Waals surface area contributed by atoms with Gasteiger partial charge in [-0.15, -0.1) is 11.3 Å². The van der Waals surface area contributed by atoms with Crippen molar-refractivity contribution in [2.75, 3.05) is 5.32 Å². The number of esters is 3. The summed E-state index contributed by atoms with van der Waals surface area (Å²) < 4.78 is 16.9. The maximum atomic E-state index is 14.7. The minimum Gasteiger partial charge on any atom is -0.476 e. The summed E-state index contributed by atoms with van der Waals surface area (Å²) in [6, 6.07) is 51.5. The lowest BCUT2D eigenvalue weighted by molar-refractivity contribution is -0.176. The second kappa shape index (κ2) is 19.2. The Kier molecular flexibility index (Phi) is 13.2. The van der Waals surface area contributed by atoms with Crippen LogP contribution >= 0.6 is 11.3 Å². The molecule has 0 saturated heterocycles. The van der Waals surface area contributed by atoms with Crippen molar-refractivity contribution >= 4 is 46.1 Å². The highest BCUT2D eigenvalue weighted by molar-refractivity contribution is 7.14. The van der Waals surface area contributed by atoms with E-state index in [0.717, 1.165) is 35.0 Å². The van der Waals surface area contributed by atoms with Crippen LogP contribution in [0.2, 0.25) is 0 Å². The fourth-order valence-corrected chi connectivity index (χ4v) is 7.75. The van der Waals surface area contributed by atoms with Crippen LogP contribution in [0.5, 0.6) is 11.5 Å². The van der Waals surface area contributed by atoms with Gasteiger partial charge in [0.1, 0.15) is 11.2 Å². The van der Waals surface area contributed by atoms with E-state index in [1.165, 1.54) is 37.4 Å². The summed E-state index contributed by atoms with van der Waals surface area (Å²) in [6.07, 6.45) is -0.940. The standard InChI is InChI=1S/C50H41N3O9S/c1-33(54)59-42-30-29-40(31-43(42)60-34(2)55)49(3,47(58)61-45(35-19-9-4-10-20-35)36-21-11-5-12-22-36)62-53-44(46(56)57)41-32-63-48(51-41)52-50(37-23-13-6-14-24-37,38-25-15-7-16-26-38)39-27-17-8-18-28-39/h4-32,45H,1-3H3,(H,51,52)(H,56,57). The third kappa shape index (κ3) is 9.69. The number of hydrogen-bond donors (Lipinski definition) is 2. The van der Waals surface area contributed by atoms with Crippen LogP contribution in [0.3, 0.4) is 0 Å². The molecule has 63 heavy (non-hydrogen) atoms. The van der Waals surface area contributed by atoms with Crippen molar-refractivity contribution in [2.45, 2.75) is 38.0 Å². The number of thiazole rings is 1. The van der Waals surface area contributed by atoms with Crippen LogP contribution in [-0.2, 0) is 39.9 Å². The van der Waals surface area contributed by atoms with Crippen LogP contribution in [0.1, 0.15) is 65.9 Å². The maximum Gasteiger partial charge on any atom is 0.360 e. The van der Waals surface area contributed by atoms with Crippen molar-refractivity contribution in [3.8, 4) is 11.5 Å². The Labute approximate surface area is 367 Å². The van der Waals surface area contributed by atoms with E-state index >= 15 is 0 Å². The fraction of sp³-hybridized carbons (Fsp3) is 0.120. The van der Waals surface area contributed by atoms with Crippen molar-refractivity contribution in [2.24, 2.45) is 5.16 Å². The van der Waals surface area contributed by atoms with Gasteiger partial charge in [0, 0.05) is 24.8 Å². The zero-order valence-corrected chi connectivity index (χ0v) is 35.2. The molecule has 7 aromatic rings. The molecule has 0 spiro atoms. The number of nitrogens with zero attached hydrogens (tertiary/aromatic N) is 2. The molecule has 2 N–H and O–H groups in total. The zero-order chi connectivity index (χ0) is 44.4. The van der Waals surface area contributed by atoms with E-state index in [4.69, 9.17) is 24.0 Å². The molecule has 0 amide bonds. The molecule has 1 atom stereocenters. The average molecular weight is 860 g/mol. The Hall–Kier alpha value is -7.90. The van der Waals surface area contributed by atoms with E-state index < -0.39 is 46.8 Å². The zero-order valence-electron chi connectivity index (χ0n) is 34.3. The number of carbonyl (C=O) groups excluding carboxylic acids is 3. The third-order valence-corrected chi connectivity index (χ3v) is 10.8. The van der Waals surface area contributed by atoms with Gasteiger partial charge in [-0.3, -0.25) is 9.59 Å². The quantitative estimate of drug-likeness (QED) is 0.0313. The van der Waals surface area contributed by atoms with E-state index in [1.807, 2.05) is 103 Å². The fourth-order valence-electron chi connectivity index (χ4n) is 7.00. The maximum absolute atomic E-state index is 14.7. The summed E-state index contributed by atoms with van der Waals surface area (Å²) >= 11 is 1.16. The topological polar surface area (TPSA) is 163 Å². The summed E-state index contributed by atoms with van der Waals surface area (Å²) in [4.78, 5) is 62.7. The molecule has 1 aromatic heterocycles. The Morgan fingerprint density at radius 2 is 1.10 bits per heavy atom. The van der Waals surface area contributed by atoms with E-state index in [2.05, 4.69) is 10.5 Å². The van der Waals surface area contributed by atoms with Gasteiger partial charge in [-0.05, 0) is 46.9 Å². The average Bonchev–Trinajstić information content (AvgIpc) is 3.76. The molecule has 0 saturated carbocycles. The van der Waals surface area contributed by atoms with E-state index in [-0.39, 0.29) is 22.8 Å². The number of hydrogen-bond acceptors (Lipinski definition) is 12. The van der Waals surface area contributed by atoms with Crippen LogP contribution in [0.25, 0.3) is 0 Å². The van der Waals surface area contributed by atoms with Gasteiger partial charge in [0.25, 0.3) is 5.60 Å². The van der Waals surface area contributed by atoms with Gasteiger partial charge >= 0.3 is 23.9 Å². The Morgan fingerprint density at radius 3 is 1.56 bits per heavy atom. The second-order valence-corrected chi connectivity index (χ2v) is 15.2. The number of aliphatic carboxylic acids is 1. The molecule has 0 radical (unpaired) electrons. The van der Waals surface area contributed by atoms with Crippen LogP contribution < -0.4 is 14.8 Å². The van der Waals surface area contributed by atoms with Crippen LogP contribution in [0.4, 0.5) is 5.13 Å². The first-order valence-corrected chi connectivity index (χ1v) is 20.6. The molecule has 6 aromatic carbocycles. The van der Waals surface area contributed by atoms with Crippen LogP contribution in [0, 0.1) is 0 Å². The molecule has 0 aliphatic carbocycles. The van der Waals surface area contributed by atoms with Crippen LogP contribution in [-0.4, -0.2) is 39.7 Å². The second-order valence-electron chi connectivity index (χ2n) is 14.3. The minimum absolute atomic E-state index is 0.0204. The predicted octanol–water partition coefficient (Wildman–Crippen LogP) is 9.45. The first-order valence-electron chi connectivity index (χ1n) is 19.7. The summed E-state index contributed by atoms with van der Waals surface area (Å²) in [6.45, 7) is 3.67. The summed E-state index contributed by atoms with van der Waals surface area (Å²) in [5, 5.41) is 20.2. The number of ether oxygens (including phenoxy) is 3. The highest BCUT2D eigenvalue weighted by atomic mass is 32.1. The normalized spacial score (nSPS) is 12.4. The lowest BCUT2D eigenvalue weighted by Gasteiger charge is -2.36. The molecule has 13 heteroatoms. The van der Waals surface area contributed by atoms with Gasteiger partial charge < -0.3 is 29.5 Å². The number of carbonyl (C=O) groups is 4. The molecule has 0 fully saturated rings. The SMILES string of the molecule is CC(=O)Oc1ccc(C(C)(ON=C(C(=O)O)c2csc(NC(c3ccccc3)(c3ccccc3)c3ccccc3)n2)C(=O)OC(c2ccccc2)c2ccccc2)cc1OC(C)=O. The van der Waals surface area contributed by atoms with E-state index in [1.54, 1.807) is 48.5 Å². The van der Waals surface area contributed by atoms with Crippen molar-refractivity contribution < 1.29 is 43.3 Å². The monoisotopic (exact) mass is 859 g/mol. The van der Waals surface area contributed by atoms with Gasteiger partial charge in [-0.2, -0.15) is 0 Å². The lowest BCUT2D eigenvalue weighted by Crippen LogP contribution is -2.38. The van der Waals surface area contributed by atoms with E-state index in [0.29, 0.717) is 16.3 Å². The van der Waals surface area contributed by atoms with E-state index in [9.17, 15) is 24.3 Å². The summed E-state index contributed by atoms with van der Waals surface area (Å²) in [5.41, 5.74) is 0.139. The molecule has 0 bridgehead atoms. The molecule has 0 aliphatic heterocycles. The number of nitrogens with one attached hydrogen (secondary N) is 1. The molecule has 316 valence electrons. The lowest BCUT2D eigenvalue weighted by atomic mass is 9.77. The van der Waals surface area contributed by atoms with Crippen molar-refractivity contribution in [3.05, 3.63) is 214 Å². The van der Waals surface area contributed by atoms with Gasteiger partial charge in [0.15, 0.2) is 22.7 Å². The Balaban J connectivity index is 1.31. The molecule has 12 nitrogen and oxygen atoms in total. The Bertz CT molecular complexity index is 2600. The highest BCUT2D eigenvalue weighted by Gasteiger charge is 2.44. The molecule has 1 heterocycles. The number of rotatable bonds is 16. The van der Waals surface area contributed by atoms with Gasteiger partial charge in [-0.25, -0.2) is 14.6 Å². The first kappa shape index (κ1) is 43.2. The van der Waals surface area contributed by atoms with Crippen molar-refractivity contribution in [1.82, 2.24) is 4.98 Å². The number of aromatic nitrogens is 1.